The van der Waals surface area contributed by atoms with Crippen LogP contribution >= 0.6 is 31.9 Å². The summed E-state index contributed by atoms with van der Waals surface area (Å²) in [6, 6.07) is 11.0. The van der Waals surface area contributed by atoms with Crippen LogP contribution in [0.4, 0.5) is 0 Å². The molecule has 3 atom stereocenters. The zero-order valence-corrected chi connectivity index (χ0v) is 25.6. The molecule has 0 saturated carbocycles. The number of halogens is 2. The van der Waals surface area contributed by atoms with Crippen LogP contribution in [0, 0.1) is 0 Å². The van der Waals surface area contributed by atoms with Gasteiger partial charge in [0, 0.05) is 70.2 Å². The Morgan fingerprint density at radius 1 is 0.700 bits per heavy atom. The molecule has 0 aliphatic carbocycles. The Labute approximate surface area is 247 Å². The third kappa shape index (κ3) is 3.04. The molecular weight excluding hydrogens is 636 g/mol. The molecule has 5 aromatic rings. The summed E-state index contributed by atoms with van der Waals surface area (Å²) in [5, 5.41) is 18.1. The van der Waals surface area contributed by atoms with Crippen LogP contribution in [-0.4, -0.2) is 44.7 Å². The van der Waals surface area contributed by atoms with E-state index in [-0.39, 0.29) is 29.8 Å². The van der Waals surface area contributed by atoms with Gasteiger partial charge in [0.05, 0.1) is 0 Å². The fourth-order valence-corrected chi connectivity index (χ4v) is 8.04. The maximum absolute atomic E-state index is 13.7. The number of amides is 3. The standard InChI is InChI=1S/C32H26Br2N2O4/c1-5-13(3)35-29(37)17-9-7-15-26-22(34)12-20-24-18(30(38)36(32(20)40)14(4)6-2)10-8-16(28(24)26)25-21(33)11-19(31(35)39)23(17)27(15)25/h7-14,31,39H,5-6H2,1-4H3. The van der Waals surface area contributed by atoms with Gasteiger partial charge in [-0.2, -0.15) is 0 Å². The fraction of sp³-hybridized carbons (Fsp3) is 0.281. The number of rotatable bonds is 4. The molecule has 2 heterocycles. The van der Waals surface area contributed by atoms with E-state index in [1.165, 1.54) is 4.90 Å². The fourth-order valence-electron chi connectivity index (χ4n) is 6.74. The second-order valence-electron chi connectivity index (χ2n) is 11.0. The molecule has 2 aliphatic heterocycles. The topological polar surface area (TPSA) is 77.9 Å². The highest BCUT2D eigenvalue weighted by atomic mass is 79.9. The van der Waals surface area contributed by atoms with E-state index >= 15 is 0 Å². The molecule has 0 bridgehead atoms. The molecule has 0 saturated heterocycles. The summed E-state index contributed by atoms with van der Waals surface area (Å²) >= 11 is 7.58. The molecule has 7 rings (SSSR count). The lowest BCUT2D eigenvalue weighted by Gasteiger charge is -2.38. The van der Waals surface area contributed by atoms with Crippen molar-refractivity contribution < 1.29 is 19.5 Å². The van der Waals surface area contributed by atoms with Gasteiger partial charge in [0.15, 0.2) is 6.23 Å². The number of carbonyl (C=O) groups excluding carboxylic acids is 3. The molecular formula is C32H26Br2N2O4. The van der Waals surface area contributed by atoms with E-state index in [1.807, 2.05) is 64.1 Å². The first-order valence-corrected chi connectivity index (χ1v) is 15.2. The first-order valence-electron chi connectivity index (χ1n) is 13.6. The van der Waals surface area contributed by atoms with Gasteiger partial charge in [-0.05, 0) is 67.1 Å². The molecule has 0 spiro atoms. The van der Waals surface area contributed by atoms with Gasteiger partial charge in [0.1, 0.15) is 0 Å². The van der Waals surface area contributed by atoms with Crippen molar-refractivity contribution in [3.63, 3.8) is 0 Å². The predicted octanol–water partition coefficient (Wildman–Crippen LogP) is 7.90. The van der Waals surface area contributed by atoms with E-state index in [0.29, 0.717) is 34.1 Å². The molecule has 0 radical (unpaired) electrons. The summed E-state index contributed by atoms with van der Waals surface area (Å²) < 4.78 is 1.52. The third-order valence-corrected chi connectivity index (χ3v) is 10.3. The molecule has 3 amide bonds. The maximum atomic E-state index is 13.7. The monoisotopic (exact) mass is 660 g/mol. The lowest BCUT2D eigenvalue weighted by atomic mass is 9.81. The number of imide groups is 1. The smallest absolute Gasteiger partial charge is 0.261 e. The van der Waals surface area contributed by atoms with Crippen molar-refractivity contribution in [2.75, 3.05) is 0 Å². The Balaban J connectivity index is 1.66. The molecule has 8 heteroatoms. The van der Waals surface area contributed by atoms with E-state index in [4.69, 9.17) is 0 Å². The van der Waals surface area contributed by atoms with Crippen LogP contribution < -0.4 is 0 Å². The second kappa shape index (κ2) is 8.71. The number of carbonyl (C=O) groups is 3. The van der Waals surface area contributed by atoms with Gasteiger partial charge < -0.3 is 10.0 Å². The summed E-state index contributed by atoms with van der Waals surface area (Å²) in [6.07, 6.45) is 0.314. The van der Waals surface area contributed by atoms with Gasteiger partial charge in [-0.3, -0.25) is 19.3 Å². The third-order valence-electron chi connectivity index (χ3n) is 9.04. The normalized spacial score (nSPS) is 18.7. The van der Waals surface area contributed by atoms with Gasteiger partial charge in [-0.25, -0.2) is 0 Å². The maximum Gasteiger partial charge on any atom is 0.261 e. The second-order valence-corrected chi connectivity index (χ2v) is 12.7. The largest absolute Gasteiger partial charge is 0.369 e. The lowest BCUT2D eigenvalue weighted by molar-refractivity contribution is -0.0130. The van der Waals surface area contributed by atoms with E-state index < -0.39 is 6.23 Å². The Morgan fingerprint density at radius 2 is 1.23 bits per heavy atom. The molecule has 3 unspecified atom stereocenters. The number of benzene rings is 5. The average molecular weight is 662 g/mol. The van der Waals surface area contributed by atoms with E-state index in [9.17, 15) is 19.5 Å². The van der Waals surface area contributed by atoms with Crippen LogP contribution in [0.5, 0.6) is 0 Å². The molecule has 0 aromatic heterocycles. The minimum absolute atomic E-state index is 0.132. The minimum Gasteiger partial charge on any atom is -0.369 e. The summed E-state index contributed by atoms with van der Waals surface area (Å²) in [5.41, 5.74) is 2.26. The molecule has 40 heavy (non-hydrogen) atoms. The van der Waals surface area contributed by atoms with Crippen molar-refractivity contribution in [1.29, 1.82) is 0 Å². The van der Waals surface area contributed by atoms with Gasteiger partial charge >= 0.3 is 0 Å². The van der Waals surface area contributed by atoms with Gasteiger partial charge in [0.25, 0.3) is 17.7 Å². The lowest BCUT2D eigenvalue weighted by Crippen LogP contribution is -2.45. The Bertz CT molecular complexity index is 1980. The van der Waals surface area contributed by atoms with Crippen molar-refractivity contribution in [2.45, 2.75) is 58.8 Å². The molecule has 202 valence electrons. The Kier molecular flexibility index (Phi) is 5.64. The van der Waals surface area contributed by atoms with Crippen LogP contribution in [-0.2, 0) is 0 Å². The van der Waals surface area contributed by atoms with Crippen LogP contribution in [0.1, 0.15) is 83.4 Å². The zero-order valence-electron chi connectivity index (χ0n) is 22.4. The highest BCUT2D eigenvalue weighted by molar-refractivity contribution is 9.11. The zero-order chi connectivity index (χ0) is 28.4. The molecule has 0 fully saturated rings. The summed E-state index contributed by atoms with van der Waals surface area (Å²) in [4.78, 5) is 44.0. The van der Waals surface area contributed by atoms with Crippen molar-refractivity contribution in [3.05, 3.63) is 67.6 Å². The van der Waals surface area contributed by atoms with Crippen LogP contribution in [0.15, 0.2) is 45.3 Å². The van der Waals surface area contributed by atoms with Crippen molar-refractivity contribution in [1.82, 2.24) is 9.80 Å². The molecule has 2 aliphatic rings. The average Bonchev–Trinajstić information content (AvgIpc) is 2.94. The van der Waals surface area contributed by atoms with Gasteiger partial charge in [-0.1, -0.05) is 57.8 Å². The van der Waals surface area contributed by atoms with Gasteiger partial charge in [-0.15, -0.1) is 0 Å². The van der Waals surface area contributed by atoms with E-state index in [0.717, 1.165) is 53.1 Å². The van der Waals surface area contributed by atoms with Crippen molar-refractivity contribution in [2.24, 2.45) is 0 Å². The number of fused-ring (bicyclic) bond motifs is 2. The number of aliphatic hydroxyl groups is 1. The number of nitrogens with zero attached hydrogens (tertiary/aromatic N) is 2. The SMILES string of the molecule is CCC(C)N1C(=O)c2ccc3c4c(Br)cc5c6c(ccc(c7c(Br)cc(c2c37)C1=O)c64)C(=O)N(C(C)CC)C5O. The molecule has 1 N–H and O–H groups in total. The van der Waals surface area contributed by atoms with E-state index in [2.05, 4.69) is 31.9 Å². The van der Waals surface area contributed by atoms with Crippen molar-refractivity contribution >= 4 is 92.7 Å². The summed E-state index contributed by atoms with van der Waals surface area (Å²) in [6.45, 7) is 7.81. The van der Waals surface area contributed by atoms with E-state index in [1.54, 1.807) is 4.90 Å². The quantitative estimate of drug-likeness (QED) is 0.121. The minimum atomic E-state index is -1.07. The molecule has 6 nitrogen and oxygen atoms in total. The van der Waals surface area contributed by atoms with Gasteiger partial charge in [0.2, 0.25) is 0 Å². The Morgan fingerprint density at radius 3 is 1.82 bits per heavy atom. The number of hydrogen-bond acceptors (Lipinski definition) is 4. The van der Waals surface area contributed by atoms with Crippen LogP contribution in [0.25, 0.3) is 43.1 Å². The summed E-state index contributed by atoms with van der Waals surface area (Å²) in [5.74, 6) is -0.753. The first-order chi connectivity index (χ1) is 19.1. The highest BCUT2D eigenvalue weighted by Gasteiger charge is 2.39. The highest BCUT2D eigenvalue weighted by Crippen LogP contribution is 2.51. The Hall–Kier alpha value is -3.07. The van der Waals surface area contributed by atoms with Crippen molar-refractivity contribution in [3.8, 4) is 0 Å². The van der Waals surface area contributed by atoms with Crippen LogP contribution in [0.2, 0.25) is 0 Å². The summed E-state index contributed by atoms with van der Waals surface area (Å²) in [7, 11) is 0. The predicted molar refractivity (Wildman–Crippen MR) is 164 cm³/mol. The van der Waals surface area contributed by atoms with Crippen LogP contribution in [0.3, 0.4) is 0 Å². The number of hydrogen-bond donors (Lipinski definition) is 1. The first kappa shape index (κ1) is 25.9. The molecule has 5 aromatic carbocycles. The number of aliphatic hydroxyl groups excluding tert-OH is 1.